The molecule has 2 aromatic rings. The van der Waals surface area contributed by atoms with E-state index in [0.717, 1.165) is 11.1 Å². The number of benzene rings is 2. The molecule has 0 radical (unpaired) electrons. The normalized spacial score (nSPS) is 14.6. The smallest absolute Gasteiger partial charge is 0.338 e. The van der Waals surface area contributed by atoms with Gasteiger partial charge in [0.1, 0.15) is 5.84 Å². The highest BCUT2D eigenvalue weighted by atomic mass is 16.5. The Bertz CT molecular complexity index is 777. The molecule has 0 fully saturated rings. The number of fused-ring (bicyclic) bond motifs is 1. The van der Waals surface area contributed by atoms with Gasteiger partial charge in [-0.05, 0) is 31.2 Å². The van der Waals surface area contributed by atoms with Crippen molar-refractivity contribution in [3.05, 3.63) is 65.2 Å². The van der Waals surface area contributed by atoms with Gasteiger partial charge in [-0.2, -0.15) is 0 Å². The monoisotopic (exact) mass is 293 g/mol. The van der Waals surface area contributed by atoms with Gasteiger partial charge in [0.2, 0.25) is 0 Å². The van der Waals surface area contributed by atoms with Crippen molar-refractivity contribution in [2.24, 2.45) is 15.7 Å². The van der Waals surface area contributed by atoms with Gasteiger partial charge >= 0.3 is 5.97 Å². The molecule has 3 rings (SSSR count). The van der Waals surface area contributed by atoms with E-state index in [2.05, 4.69) is 9.98 Å². The van der Waals surface area contributed by atoms with Crippen LogP contribution in [0, 0.1) is 0 Å². The quantitative estimate of drug-likeness (QED) is 0.884. The molecule has 2 N–H and O–H groups in total. The van der Waals surface area contributed by atoms with E-state index in [0.29, 0.717) is 29.5 Å². The van der Waals surface area contributed by atoms with Crippen LogP contribution in [0.4, 0.5) is 5.69 Å². The van der Waals surface area contributed by atoms with Crippen LogP contribution in [-0.2, 0) is 4.74 Å². The van der Waals surface area contributed by atoms with Gasteiger partial charge in [0.25, 0.3) is 0 Å². The molecule has 0 aliphatic carbocycles. The molecule has 5 nitrogen and oxygen atoms in total. The zero-order valence-corrected chi connectivity index (χ0v) is 12.1. The minimum Gasteiger partial charge on any atom is -0.462 e. The van der Waals surface area contributed by atoms with Gasteiger partial charge in [-0.3, -0.25) is 0 Å². The summed E-state index contributed by atoms with van der Waals surface area (Å²) in [6.45, 7) is 2.13. The van der Waals surface area contributed by atoms with Crippen molar-refractivity contribution in [3.8, 4) is 0 Å². The Morgan fingerprint density at radius 2 is 1.82 bits per heavy atom. The van der Waals surface area contributed by atoms with E-state index in [1.54, 1.807) is 31.2 Å². The lowest BCUT2D eigenvalue weighted by atomic mass is 10.1. The van der Waals surface area contributed by atoms with E-state index in [1.807, 2.05) is 24.3 Å². The molecule has 0 unspecified atom stereocenters. The van der Waals surface area contributed by atoms with Gasteiger partial charge in [-0.1, -0.05) is 24.3 Å². The molecule has 1 aliphatic rings. The van der Waals surface area contributed by atoms with Gasteiger partial charge in [-0.15, -0.1) is 0 Å². The SMILES string of the molecule is CCOC(=O)c1ccc(N=C2N=C(N)c3ccccc32)cc1. The van der Waals surface area contributed by atoms with Crippen LogP contribution in [0.1, 0.15) is 28.4 Å². The molecule has 0 bridgehead atoms. The minimum atomic E-state index is -0.338. The van der Waals surface area contributed by atoms with Crippen molar-refractivity contribution in [2.45, 2.75) is 6.92 Å². The van der Waals surface area contributed by atoms with E-state index in [4.69, 9.17) is 10.5 Å². The summed E-state index contributed by atoms with van der Waals surface area (Å²) in [4.78, 5) is 20.4. The van der Waals surface area contributed by atoms with Crippen LogP contribution in [0.3, 0.4) is 0 Å². The number of rotatable bonds is 3. The fraction of sp³-hybridized carbons (Fsp3) is 0.118. The number of esters is 1. The van der Waals surface area contributed by atoms with Crippen molar-refractivity contribution in [3.63, 3.8) is 0 Å². The number of carbonyl (C=O) groups excluding carboxylic acids is 1. The summed E-state index contributed by atoms with van der Waals surface area (Å²) < 4.78 is 4.95. The standard InChI is InChI=1S/C17H15N3O2/c1-2-22-17(21)11-7-9-12(10-8-11)19-16-14-6-4-3-5-13(14)15(18)20-16/h3-10H,2H2,1H3,(H2,18,19,20). The summed E-state index contributed by atoms with van der Waals surface area (Å²) in [5, 5.41) is 0. The van der Waals surface area contributed by atoms with E-state index in [9.17, 15) is 4.79 Å². The molecule has 0 atom stereocenters. The molecule has 110 valence electrons. The summed E-state index contributed by atoms with van der Waals surface area (Å²) in [6, 6.07) is 14.6. The predicted molar refractivity (Wildman–Crippen MR) is 85.8 cm³/mol. The number of hydrogen-bond donors (Lipinski definition) is 1. The topological polar surface area (TPSA) is 77.0 Å². The Morgan fingerprint density at radius 3 is 2.50 bits per heavy atom. The van der Waals surface area contributed by atoms with E-state index in [-0.39, 0.29) is 5.97 Å². The first-order valence-electron chi connectivity index (χ1n) is 6.99. The Labute approximate surface area is 128 Å². The largest absolute Gasteiger partial charge is 0.462 e. The molecule has 0 aromatic heterocycles. The van der Waals surface area contributed by atoms with Crippen molar-refractivity contribution >= 4 is 23.3 Å². The maximum Gasteiger partial charge on any atom is 0.338 e. The first kappa shape index (κ1) is 14.0. The van der Waals surface area contributed by atoms with E-state index in [1.165, 1.54) is 0 Å². The Kier molecular flexibility index (Phi) is 3.70. The number of nitrogens with two attached hydrogens (primary N) is 1. The third-order valence-corrected chi connectivity index (χ3v) is 3.28. The summed E-state index contributed by atoms with van der Waals surface area (Å²) in [6.07, 6.45) is 0. The van der Waals surface area contributed by atoms with Crippen LogP contribution in [-0.4, -0.2) is 24.2 Å². The number of aliphatic imine (C=N–C) groups is 2. The fourth-order valence-corrected chi connectivity index (χ4v) is 2.23. The molecular weight excluding hydrogens is 278 g/mol. The molecule has 1 heterocycles. The lowest BCUT2D eigenvalue weighted by Crippen LogP contribution is -2.09. The van der Waals surface area contributed by atoms with Gasteiger partial charge < -0.3 is 10.5 Å². The number of carbonyl (C=O) groups is 1. The zero-order chi connectivity index (χ0) is 15.5. The Morgan fingerprint density at radius 1 is 1.14 bits per heavy atom. The van der Waals surface area contributed by atoms with E-state index < -0.39 is 0 Å². The van der Waals surface area contributed by atoms with Crippen LogP contribution >= 0.6 is 0 Å². The maximum atomic E-state index is 11.6. The second-order valence-corrected chi connectivity index (χ2v) is 4.75. The van der Waals surface area contributed by atoms with Crippen LogP contribution in [0.15, 0.2) is 58.5 Å². The second kappa shape index (κ2) is 5.81. The molecule has 0 spiro atoms. The minimum absolute atomic E-state index is 0.338. The summed E-state index contributed by atoms with van der Waals surface area (Å²) >= 11 is 0. The highest BCUT2D eigenvalue weighted by Crippen LogP contribution is 2.21. The fourth-order valence-electron chi connectivity index (χ4n) is 2.23. The maximum absolute atomic E-state index is 11.6. The van der Waals surface area contributed by atoms with Crippen LogP contribution in [0.25, 0.3) is 0 Å². The molecule has 1 aliphatic heterocycles. The number of ether oxygens (including phenoxy) is 1. The van der Waals surface area contributed by atoms with Gasteiger partial charge in [0, 0.05) is 11.1 Å². The van der Waals surface area contributed by atoms with Crippen LogP contribution in [0.5, 0.6) is 0 Å². The average molecular weight is 293 g/mol. The molecule has 2 aromatic carbocycles. The molecule has 0 saturated heterocycles. The van der Waals surface area contributed by atoms with Gasteiger partial charge in [0.15, 0.2) is 5.84 Å². The highest BCUT2D eigenvalue weighted by molar-refractivity contribution is 6.22. The average Bonchev–Trinajstić information content (AvgIpc) is 2.85. The first-order chi connectivity index (χ1) is 10.7. The summed E-state index contributed by atoms with van der Waals surface area (Å²) in [7, 11) is 0. The van der Waals surface area contributed by atoms with Crippen molar-refractivity contribution in [1.29, 1.82) is 0 Å². The molecule has 0 amide bonds. The third kappa shape index (κ3) is 2.61. The third-order valence-electron chi connectivity index (χ3n) is 3.28. The number of amidine groups is 2. The summed E-state index contributed by atoms with van der Waals surface area (Å²) in [5.41, 5.74) is 8.91. The lowest BCUT2D eigenvalue weighted by Gasteiger charge is -2.02. The Hall–Kier alpha value is -2.95. The van der Waals surface area contributed by atoms with Gasteiger partial charge in [0.05, 0.1) is 17.9 Å². The molecule has 0 saturated carbocycles. The lowest BCUT2D eigenvalue weighted by molar-refractivity contribution is 0.0526. The zero-order valence-electron chi connectivity index (χ0n) is 12.1. The van der Waals surface area contributed by atoms with Crippen molar-refractivity contribution < 1.29 is 9.53 Å². The molecular formula is C17H15N3O2. The van der Waals surface area contributed by atoms with Crippen LogP contribution < -0.4 is 5.73 Å². The summed E-state index contributed by atoms with van der Waals surface area (Å²) in [5.74, 6) is 0.713. The molecule has 5 heteroatoms. The first-order valence-corrected chi connectivity index (χ1v) is 6.99. The molecule has 22 heavy (non-hydrogen) atoms. The Balaban J connectivity index is 1.89. The van der Waals surface area contributed by atoms with Crippen LogP contribution in [0.2, 0.25) is 0 Å². The van der Waals surface area contributed by atoms with Gasteiger partial charge in [-0.25, -0.2) is 14.8 Å². The predicted octanol–water partition coefficient (Wildman–Crippen LogP) is 2.66. The highest BCUT2D eigenvalue weighted by Gasteiger charge is 2.18. The number of hydrogen-bond acceptors (Lipinski definition) is 4. The van der Waals surface area contributed by atoms with Crippen molar-refractivity contribution in [2.75, 3.05) is 6.61 Å². The van der Waals surface area contributed by atoms with Crippen molar-refractivity contribution in [1.82, 2.24) is 0 Å². The second-order valence-electron chi connectivity index (χ2n) is 4.75. The van der Waals surface area contributed by atoms with E-state index >= 15 is 0 Å². The number of nitrogens with zero attached hydrogens (tertiary/aromatic N) is 2.